The van der Waals surface area contributed by atoms with Crippen molar-refractivity contribution in [3.63, 3.8) is 0 Å². The van der Waals surface area contributed by atoms with Crippen LogP contribution in [-0.2, 0) is 14.4 Å². The van der Waals surface area contributed by atoms with Gasteiger partial charge in [-0.1, -0.05) is 17.8 Å². The lowest BCUT2D eigenvalue weighted by Gasteiger charge is -2.36. The zero-order valence-electron chi connectivity index (χ0n) is 20.1. The monoisotopic (exact) mass is 489 g/mol. The number of rotatable bonds is 9. The predicted octanol–water partition coefficient (Wildman–Crippen LogP) is 3.84. The van der Waals surface area contributed by atoms with Gasteiger partial charge in [-0.25, -0.2) is 14.8 Å². The third kappa shape index (κ3) is 6.38. The van der Waals surface area contributed by atoms with Crippen LogP contribution in [0.5, 0.6) is 11.5 Å². The van der Waals surface area contributed by atoms with E-state index in [9.17, 15) is 9.59 Å². The minimum Gasteiger partial charge on any atom is -0.493 e. The molecule has 0 bridgehead atoms. The maximum atomic E-state index is 12.7. The Morgan fingerprint density at radius 2 is 2.03 bits per heavy atom. The number of aromatic nitrogens is 2. The van der Waals surface area contributed by atoms with Crippen molar-refractivity contribution < 1.29 is 28.6 Å². The highest BCUT2D eigenvalue weighted by molar-refractivity contribution is 7.98. The largest absolute Gasteiger partial charge is 0.493 e. The summed E-state index contributed by atoms with van der Waals surface area (Å²) in [5.74, 6) is 0.325. The zero-order valence-corrected chi connectivity index (χ0v) is 20.9. The maximum absolute atomic E-state index is 12.7. The fourth-order valence-electron chi connectivity index (χ4n) is 4.10. The fraction of sp³-hybridized carbons (Fsp3) is 0.500. The SMILES string of the molecule is CCOc1cc([C@H]2C[C@H](OC(C)=O)CC[C@H]2NOC(=O)c2cnc(SC)nc2C)ccc1OC. The van der Waals surface area contributed by atoms with Gasteiger partial charge in [-0.3, -0.25) is 4.79 Å². The molecule has 9 nitrogen and oxygen atoms in total. The van der Waals surface area contributed by atoms with Gasteiger partial charge >= 0.3 is 11.9 Å². The van der Waals surface area contributed by atoms with Crippen LogP contribution in [-0.4, -0.2) is 54.0 Å². The first-order chi connectivity index (χ1) is 16.4. The Morgan fingerprint density at radius 1 is 1.24 bits per heavy atom. The molecule has 0 spiro atoms. The number of thioether (sulfide) groups is 1. The number of carbonyl (C=O) groups excluding carboxylic acids is 2. The summed E-state index contributed by atoms with van der Waals surface area (Å²) in [6.45, 7) is 5.56. The van der Waals surface area contributed by atoms with Gasteiger partial charge < -0.3 is 19.0 Å². The van der Waals surface area contributed by atoms with Gasteiger partial charge in [-0.2, -0.15) is 0 Å². The summed E-state index contributed by atoms with van der Waals surface area (Å²) in [5.41, 5.74) is 4.78. The molecule has 0 saturated heterocycles. The lowest BCUT2D eigenvalue weighted by Crippen LogP contribution is -2.42. The van der Waals surface area contributed by atoms with Gasteiger partial charge in [0.05, 0.1) is 25.5 Å². The van der Waals surface area contributed by atoms with E-state index < -0.39 is 5.97 Å². The Bertz CT molecular complexity index is 1020. The van der Waals surface area contributed by atoms with Gasteiger partial charge in [-0.15, -0.1) is 5.48 Å². The van der Waals surface area contributed by atoms with Gasteiger partial charge in [0, 0.05) is 19.0 Å². The molecule has 34 heavy (non-hydrogen) atoms. The second kappa shape index (κ2) is 12.0. The fourth-order valence-corrected chi connectivity index (χ4v) is 4.49. The molecule has 2 aromatic rings. The molecule has 0 aliphatic heterocycles. The number of benzene rings is 1. The van der Waals surface area contributed by atoms with Gasteiger partial charge in [0.1, 0.15) is 11.7 Å². The first-order valence-electron chi connectivity index (χ1n) is 11.2. The number of carbonyl (C=O) groups is 2. The average molecular weight is 490 g/mol. The molecule has 1 N–H and O–H groups in total. The molecule has 0 amide bonds. The van der Waals surface area contributed by atoms with Crippen LogP contribution in [0, 0.1) is 6.92 Å². The van der Waals surface area contributed by atoms with Crippen molar-refractivity contribution in [2.75, 3.05) is 20.0 Å². The molecule has 1 aromatic carbocycles. The van der Waals surface area contributed by atoms with E-state index in [0.717, 1.165) is 5.56 Å². The summed E-state index contributed by atoms with van der Waals surface area (Å²) in [4.78, 5) is 38.2. The number of esters is 1. The van der Waals surface area contributed by atoms with E-state index in [1.807, 2.05) is 31.4 Å². The number of nitrogens with zero attached hydrogens (tertiary/aromatic N) is 2. The van der Waals surface area contributed by atoms with Crippen LogP contribution in [0.15, 0.2) is 29.6 Å². The normalized spacial score (nSPS) is 19.9. The molecule has 1 fully saturated rings. The lowest BCUT2D eigenvalue weighted by atomic mass is 9.79. The van der Waals surface area contributed by atoms with Crippen molar-refractivity contribution in [3.8, 4) is 11.5 Å². The average Bonchev–Trinajstić information content (AvgIpc) is 2.82. The Hall–Kier alpha value is -2.85. The smallest absolute Gasteiger partial charge is 0.360 e. The van der Waals surface area contributed by atoms with E-state index in [1.165, 1.54) is 24.9 Å². The number of ether oxygens (including phenoxy) is 3. The minimum atomic E-state index is -0.546. The number of hydroxylamine groups is 1. The highest BCUT2D eigenvalue weighted by atomic mass is 32.2. The Labute approximate surface area is 203 Å². The molecule has 0 radical (unpaired) electrons. The lowest BCUT2D eigenvalue weighted by molar-refractivity contribution is -0.148. The molecule has 0 unspecified atom stereocenters. The van der Waals surface area contributed by atoms with E-state index in [4.69, 9.17) is 19.0 Å². The molecule has 10 heteroatoms. The van der Waals surface area contributed by atoms with Gasteiger partial charge in [0.2, 0.25) is 0 Å². The van der Waals surface area contributed by atoms with Crippen molar-refractivity contribution in [2.24, 2.45) is 0 Å². The highest BCUT2D eigenvalue weighted by Gasteiger charge is 2.34. The van der Waals surface area contributed by atoms with Crippen molar-refractivity contribution in [3.05, 3.63) is 41.2 Å². The molecular formula is C24H31N3O6S. The second-order valence-corrected chi connectivity index (χ2v) is 8.74. The number of hydrogen-bond donors (Lipinski definition) is 1. The number of hydrogen-bond acceptors (Lipinski definition) is 10. The van der Waals surface area contributed by atoms with E-state index >= 15 is 0 Å². The molecule has 3 rings (SSSR count). The Balaban J connectivity index is 1.80. The summed E-state index contributed by atoms with van der Waals surface area (Å²) in [7, 11) is 1.59. The highest BCUT2D eigenvalue weighted by Crippen LogP contribution is 2.38. The zero-order chi connectivity index (χ0) is 24.7. The maximum Gasteiger partial charge on any atom is 0.360 e. The number of methoxy groups -OCH3 is 1. The number of aryl methyl sites for hydroxylation is 1. The second-order valence-electron chi connectivity index (χ2n) is 7.96. The molecule has 1 aromatic heterocycles. The molecule has 3 atom stereocenters. The van der Waals surface area contributed by atoms with Gasteiger partial charge in [0.15, 0.2) is 16.7 Å². The topological polar surface area (TPSA) is 109 Å². The Morgan fingerprint density at radius 3 is 2.68 bits per heavy atom. The predicted molar refractivity (Wildman–Crippen MR) is 127 cm³/mol. The third-order valence-electron chi connectivity index (χ3n) is 5.71. The van der Waals surface area contributed by atoms with E-state index in [-0.39, 0.29) is 24.0 Å². The summed E-state index contributed by atoms with van der Waals surface area (Å²) in [5, 5.41) is 0.593. The van der Waals surface area contributed by atoms with Crippen molar-refractivity contribution in [2.45, 2.75) is 63.3 Å². The first-order valence-corrected chi connectivity index (χ1v) is 12.4. The standard InChI is InChI=1S/C24H31N3O6S/c1-6-31-22-11-16(7-10-21(22)30-4)18-12-17(32-15(3)28)8-9-20(18)27-33-23(29)19-13-25-24(34-5)26-14(19)2/h7,10-11,13,17-18,20,27H,6,8-9,12H2,1-5H3/t17-,18-,20-/m1/s1. The Kier molecular flexibility index (Phi) is 9.12. The van der Waals surface area contributed by atoms with Gasteiger partial charge in [0.25, 0.3) is 0 Å². The summed E-state index contributed by atoms with van der Waals surface area (Å²) < 4.78 is 16.6. The van der Waals surface area contributed by atoms with Crippen molar-refractivity contribution in [1.29, 1.82) is 0 Å². The van der Waals surface area contributed by atoms with E-state index in [2.05, 4.69) is 15.4 Å². The summed E-state index contributed by atoms with van der Waals surface area (Å²) in [6.07, 6.45) is 5.01. The molecule has 1 saturated carbocycles. The summed E-state index contributed by atoms with van der Waals surface area (Å²) in [6, 6.07) is 5.55. The van der Waals surface area contributed by atoms with Crippen LogP contribution < -0.4 is 15.0 Å². The first kappa shape index (κ1) is 25.8. The quantitative estimate of drug-likeness (QED) is 0.241. The molecule has 1 aliphatic rings. The van der Waals surface area contributed by atoms with Crippen LogP contribution in [0.25, 0.3) is 0 Å². The third-order valence-corrected chi connectivity index (χ3v) is 6.28. The number of nitrogens with one attached hydrogen (secondary N) is 1. The molecule has 184 valence electrons. The van der Waals surface area contributed by atoms with E-state index in [0.29, 0.717) is 53.8 Å². The van der Waals surface area contributed by atoms with Crippen LogP contribution in [0.4, 0.5) is 0 Å². The van der Waals surface area contributed by atoms with Crippen molar-refractivity contribution >= 4 is 23.7 Å². The minimum absolute atomic E-state index is 0.0905. The van der Waals surface area contributed by atoms with Crippen LogP contribution in [0.1, 0.15) is 60.6 Å². The van der Waals surface area contributed by atoms with E-state index in [1.54, 1.807) is 14.0 Å². The van der Waals surface area contributed by atoms with Crippen LogP contribution >= 0.6 is 11.8 Å². The van der Waals surface area contributed by atoms with Crippen LogP contribution in [0.3, 0.4) is 0 Å². The molecule has 1 aliphatic carbocycles. The van der Waals surface area contributed by atoms with Crippen LogP contribution in [0.2, 0.25) is 0 Å². The molecular weight excluding hydrogens is 458 g/mol. The summed E-state index contributed by atoms with van der Waals surface area (Å²) >= 11 is 1.40. The molecule has 1 heterocycles. The van der Waals surface area contributed by atoms with Gasteiger partial charge in [-0.05, 0) is 57.1 Å². The van der Waals surface area contributed by atoms with Crippen molar-refractivity contribution in [1.82, 2.24) is 15.4 Å².